The third-order valence-electron chi connectivity index (χ3n) is 4.38. The first-order valence-corrected chi connectivity index (χ1v) is 8.17. The average Bonchev–Trinajstić information content (AvgIpc) is 3.10. The van der Waals surface area contributed by atoms with Crippen LogP contribution < -0.4 is 10.1 Å². The van der Waals surface area contributed by atoms with Crippen LogP contribution in [0.25, 0.3) is 0 Å². The molecule has 0 saturated carbocycles. The average molecular weight is 360 g/mol. The largest absolute Gasteiger partial charge is 0.497 e. The van der Waals surface area contributed by atoms with Gasteiger partial charge >= 0.3 is 0 Å². The molecule has 0 saturated heterocycles. The van der Waals surface area contributed by atoms with Crippen molar-refractivity contribution in [1.29, 1.82) is 0 Å². The lowest BCUT2D eigenvalue weighted by Crippen LogP contribution is -2.28. The fourth-order valence-corrected chi connectivity index (χ4v) is 3.47. The van der Waals surface area contributed by atoms with Crippen LogP contribution in [0.5, 0.6) is 5.75 Å². The summed E-state index contributed by atoms with van der Waals surface area (Å²) >= 11 is 6.28. The summed E-state index contributed by atoms with van der Waals surface area (Å²) in [6.45, 7) is 0. The van der Waals surface area contributed by atoms with E-state index in [0.717, 1.165) is 11.3 Å². The van der Waals surface area contributed by atoms with Crippen LogP contribution in [0.3, 0.4) is 0 Å². The zero-order valence-electron chi connectivity index (χ0n) is 13.4. The van der Waals surface area contributed by atoms with E-state index in [1.165, 1.54) is 6.07 Å². The number of rotatable bonds is 3. The summed E-state index contributed by atoms with van der Waals surface area (Å²) < 4.78 is 21.3. The van der Waals surface area contributed by atoms with E-state index in [4.69, 9.17) is 16.3 Å². The topological polar surface area (TPSA) is 64.9 Å². The molecule has 0 spiro atoms. The molecule has 0 aliphatic carbocycles. The maximum atomic E-state index is 14.5. The molecule has 2 aromatic carbocycles. The fraction of sp³-hybridized carbons (Fsp3) is 0.235. The minimum atomic E-state index is -0.406. The zero-order chi connectivity index (χ0) is 17.4. The lowest BCUT2D eigenvalue weighted by molar-refractivity contribution is 0.403. The van der Waals surface area contributed by atoms with Gasteiger partial charge in [-0.15, -0.1) is 0 Å². The third-order valence-corrected chi connectivity index (χ3v) is 4.71. The molecule has 0 bridgehead atoms. The molecule has 3 aromatic rings. The van der Waals surface area contributed by atoms with E-state index in [0.29, 0.717) is 23.0 Å². The van der Waals surface area contributed by atoms with Crippen molar-refractivity contribution in [3.63, 3.8) is 0 Å². The monoisotopic (exact) mass is 359 g/mol. The van der Waals surface area contributed by atoms with Gasteiger partial charge < -0.3 is 10.1 Å². The Labute approximate surface area is 148 Å². The maximum Gasteiger partial charge on any atom is 0.243 e. The smallest absolute Gasteiger partial charge is 0.243 e. The van der Waals surface area contributed by atoms with Crippen molar-refractivity contribution >= 4 is 17.5 Å². The number of hydrogen-bond donors (Lipinski definition) is 1. The van der Waals surface area contributed by atoms with Crippen LogP contribution in [0.15, 0.2) is 42.5 Å². The van der Waals surface area contributed by atoms with Crippen molar-refractivity contribution < 1.29 is 9.13 Å². The second-order valence-corrected chi connectivity index (χ2v) is 6.21. The number of benzene rings is 2. The van der Waals surface area contributed by atoms with E-state index in [9.17, 15) is 4.39 Å². The Morgan fingerprint density at radius 3 is 2.92 bits per heavy atom. The number of ether oxygens (including phenoxy) is 1. The van der Waals surface area contributed by atoms with Gasteiger partial charge in [-0.05, 0) is 46.7 Å². The van der Waals surface area contributed by atoms with E-state index < -0.39 is 6.04 Å². The van der Waals surface area contributed by atoms with E-state index in [2.05, 4.69) is 20.8 Å². The minimum Gasteiger partial charge on any atom is -0.497 e. The summed E-state index contributed by atoms with van der Waals surface area (Å²) in [6, 6.07) is 11.9. The molecule has 8 heteroatoms. The highest BCUT2D eigenvalue weighted by Crippen LogP contribution is 2.40. The highest BCUT2D eigenvalue weighted by atomic mass is 35.5. The first kappa shape index (κ1) is 15.8. The van der Waals surface area contributed by atoms with Crippen molar-refractivity contribution in [3.05, 3.63) is 64.4 Å². The highest BCUT2D eigenvalue weighted by Gasteiger charge is 2.33. The molecular weight excluding hydrogens is 345 g/mol. The molecule has 25 heavy (non-hydrogen) atoms. The second kappa shape index (κ2) is 6.33. The minimum absolute atomic E-state index is 0.103. The van der Waals surface area contributed by atoms with Crippen molar-refractivity contribution in [2.45, 2.75) is 18.5 Å². The highest BCUT2D eigenvalue weighted by molar-refractivity contribution is 6.31. The van der Waals surface area contributed by atoms with Gasteiger partial charge in [-0.25, -0.2) is 9.07 Å². The van der Waals surface area contributed by atoms with Crippen molar-refractivity contribution in [2.75, 3.05) is 12.4 Å². The summed E-state index contributed by atoms with van der Waals surface area (Å²) in [7, 11) is 1.62. The molecule has 1 N–H and O–H groups in total. The number of aromatic nitrogens is 4. The predicted molar refractivity (Wildman–Crippen MR) is 91.3 cm³/mol. The molecule has 1 aliphatic rings. The van der Waals surface area contributed by atoms with Crippen LogP contribution in [0.2, 0.25) is 5.02 Å². The first-order chi connectivity index (χ1) is 12.2. The van der Waals surface area contributed by atoms with Gasteiger partial charge in [-0.2, -0.15) is 0 Å². The van der Waals surface area contributed by atoms with Gasteiger partial charge in [0, 0.05) is 10.6 Å². The molecule has 0 fully saturated rings. The van der Waals surface area contributed by atoms with Crippen LogP contribution >= 0.6 is 11.6 Å². The molecule has 6 nitrogen and oxygen atoms in total. The van der Waals surface area contributed by atoms with Gasteiger partial charge in [0.1, 0.15) is 11.6 Å². The van der Waals surface area contributed by atoms with Crippen molar-refractivity contribution in [1.82, 2.24) is 20.2 Å². The van der Waals surface area contributed by atoms with Crippen LogP contribution in [0, 0.1) is 5.82 Å². The van der Waals surface area contributed by atoms with E-state index in [1.54, 1.807) is 23.9 Å². The molecule has 2 atom stereocenters. The number of methoxy groups -OCH3 is 1. The predicted octanol–water partition coefficient (Wildman–Crippen LogP) is 3.62. The van der Waals surface area contributed by atoms with E-state index >= 15 is 0 Å². The van der Waals surface area contributed by atoms with Crippen LogP contribution in [-0.4, -0.2) is 27.3 Å². The SMILES string of the molecule is COc1cccc(C2CC(c3c(F)cccc3Cl)n3nnnc3N2)c1. The number of halogens is 2. The molecule has 1 aliphatic heterocycles. The maximum absolute atomic E-state index is 14.5. The molecule has 0 amide bonds. The Morgan fingerprint density at radius 1 is 1.28 bits per heavy atom. The van der Waals surface area contributed by atoms with E-state index in [1.807, 2.05) is 24.3 Å². The van der Waals surface area contributed by atoms with Gasteiger partial charge in [0.25, 0.3) is 0 Å². The third kappa shape index (κ3) is 2.80. The van der Waals surface area contributed by atoms with Crippen LogP contribution in [0.1, 0.15) is 29.6 Å². The van der Waals surface area contributed by atoms with Crippen LogP contribution in [-0.2, 0) is 0 Å². The zero-order valence-corrected chi connectivity index (χ0v) is 14.1. The Morgan fingerprint density at radius 2 is 2.12 bits per heavy atom. The standard InChI is InChI=1S/C17H15ClFN5O/c1-25-11-5-2-4-10(8-11)14-9-15(24-17(20-14)21-22-23-24)16-12(18)6-3-7-13(16)19/h2-8,14-15H,9H2,1H3,(H,20,21,23). The number of hydrogen-bond acceptors (Lipinski definition) is 5. The Bertz CT molecular complexity index is 895. The summed E-state index contributed by atoms with van der Waals surface area (Å²) in [5, 5.41) is 15.4. The molecule has 128 valence electrons. The van der Waals surface area contributed by atoms with Crippen molar-refractivity contribution in [2.24, 2.45) is 0 Å². The number of nitrogens with one attached hydrogen (secondary N) is 1. The van der Waals surface area contributed by atoms with Crippen LogP contribution in [0.4, 0.5) is 10.3 Å². The fourth-order valence-electron chi connectivity index (χ4n) is 3.18. The lowest BCUT2D eigenvalue weighted by Gasteiger charge is -2.31. The Kier molecular flexibility index (Phi) is 4.01. The summed E-state index contributed by atoms with van der Waals surface area (Å²) in [5.41, 5.74) is 1.40. The number of anilines is 1. The lowest BCUT2D eigenvalue weighted by atomic mass is 9.93. The Balaban J connectivity index is 1.78. The van der Waals surface area contributed by atoms with Gasteiger partial charge in [-0.3, -0.25) is 0 Å². The normalized spacial score (nSPS) is 19.2. The Hall–Kier alpha value is -2.67. The molecule has 0 radical (unpaired) electrons. The summed E-state index contributed by atoms with van der Waals surface area (Å²) in [5.74, 6) is 0.860. The van der Waals surface area contributed by atoms with Gasteiger partial charge in [0.15, 0.2) is 0 Å². The summed E-state index contributed by atoms with van der Waals surface area (Å²) in [6.07, 6.45) is 0.547. The molecule has 2 unspecified atom stereocenters. The van der Waals surface area contributed by atoms with Gasteiger partial charge in [0.2, 0.25) is 5.95 Å². The first-order valence-electron chi connectivity index (χ1n) is 7.79. The molecular formula is C17H15ClFN5O. The number of tetrazole rings is 1. The number of nitrogens with zero attached hydrogens (tertiary/aromatic N) is 4. The number of fused-ring (bicyclic) bond motifs is 1. The van der Waals surface area contributed by atoms with E-state index in [-0.39, 0.29) is 11.9 Å². The quantitative estimate of drug-likeness (QED) is 0.773. The molecule has 2 heterocycles. The molecule has 1 aromatic heterocycles. The van der Waals surface area contributed by atoms with Gasteiger partial charge in [0.05, 0.1) is 19.2 Å². The molecule has 4 rings (SSSR count). The second-order valence-electron chi connectivity index (χ2n) is 5.81. The van der Waals surface area contributed by atoms with Crippen molar-refractivity contribution in [3.8, 4) is 5.75 Å². The summed E-state index contributed by atoms with van der Waals surface area (Å²) in [4.78, 5) is 0. The van der Waals surface area contributed by atoms with Gasteiger partial charge in [-0.1, -0.05) is 34.9 Å².